The van der Waals surface area contributed by atoms with Crippen LogP contribution >= 0.6 is 22.7 Å². The number of amides is 1. The van der Waals surface area contributed by atoms with E-state index in [1.54, 1.807) is 6.07 Å². The number of carbonyl (C=O) groups is 2. The summed E-state index contributed by atoms with van der Waals surface area (Å²) in [5.74, 6) is -1.53. The molecular formula is C29H24N6O7S3. The van der Waals surface area contributed by atoms with Gasteiger partial charge < -0.3 is 10.0 Å². The summed E-state index contributed by atoms with van der Waals surface area (Å²) < 4.78 is 28.7. The number of carboxylic acids is 1. The highest BCUT2D eigenvalue weighted by molar-refractivity contribution is 7.89. The smallest absolute Gasteiger partial charge is 0.355 e. The van der Waals surface area contributed by atoms with E-state index in [0.29, 0.717) is 40.2 Å². The Bertz CT molecular complexity index is 2030. The average molecular weight is 665 g/mol. The maximum absolute atomic E-state index is 13.4. The van der Waals surface area contributed by atoms with Crippen molar-refractivity contribution in [2.75, 3.05) is 23.3 Å². The summed E-state index contributed by atoms with van der Waals surface area (Å²) in [5.41, 5.74) is 2.71. The van der Waals surface area contributed by atoms with Crippen LogP contribution in [0.2, 0.25) is 0 Å². The van der Waals surface area contributed by atoms with Crippen molar-refractivity contribution >= 4 is 70.7 Å². The van der Waals surface area contributed by atoms with Crippen molar-refractivity contribution in [3.63, 3.8) is 0 Å². The first-order chi connectivity index (χ1) is 21.6. The van der Waals surface area contributed by atoms with Crippen LogP contribution in [0.3, 0.4) is 0 Å². The molecule has 0 radical (unpaired) electrons. The lowest BCUT2D eigenvalue weighted by molar-refractivity contribution is -0.384. The van der Waals surface area contributed by atoms with Gasteiger partial charge in [-0.2, -0.15) is 0 Å². The van der Waals surface area contributed by atoms with Crippen molar-refractivity contribution in [3.05, 3.63) is 104 Å². The van der Waals surface area contributed by atoms with E-state index >= 15 is 0 Å². The van der Waals surface area contributed by atoms with Crippen LogP contribution in [-0.4, -0.2) is 53.4 Å². The third-order valence-electron chi connectivity index (χ3n) is 7.19. The molecule has 1 aliphatic heterocycles. The number of nitro benzene ring substituents is 1. The maximum atomic E-state index is 13.4. The molecule has 0 fully saturated rings. The highest BCUT2D eigenvalue weighted by atomic mass is 32.2. The highest BCUT2D eigenvalue weighted by Crippen LogP contribution is 2.33. The van der Waals surface area contributed by atoms with Crippen LogP contribution in [0.5, 0.6) is 0 Å². The molecule has 0 saturated carbocycles. The Morgan fingerprint density at radius 1 is 1.02 bits per heavy atom. The van der Waals surface area contributed by atoms with E-state index in [-0.39, 0.29) is 35.1 Å². The number of nitro groups is 1. The van der Waals surface area contributed by atoms with Gasteiger partial charge in [-0.1, -0.05) is 35.6 Å². The van der Waals surface area contributed by atoms with Gasteiger partial charge in [0.1, 0.15) is 0 Å². The monoisotopic (exact) mass is 664 g/mol. The third-order valence-corrected chi connectivity index (χ3v) is 10.8. The summed E-state index contributed by atoms with van der Waals surface area (Å²) in [4.78, 5) is 46.7. The van der Waals surface area contributed by atoms with Gasteiger partial charge >= 0.3 is 5.97 Å². The number of anilines is 2. The lowest BCUT2D eigenvalue weighted by Crippen LogP contribution is -2.32. The number of nitrogens with zero attached hydrogens (tertiary/aromatic N) is 4. The quantitative estimate of drug-likeness (QED) is 0.140. The second-order valence-electron chi connectivity index (χ2n) is 10.0. The summed E-state index contributed by atoms with van der Waals surface area (Å²) >= 11 is 2.54. The molecule has 0 atom stereocenters. The lowest BCUT2D eigenvalue weighted by Gasteiger charge is -2.29. The third kappa shape index (κ3) is 6.39. The standard InChI is InChI=1S/C29H24N6O7S3/c36-26(33-28-31-22-6-1-2-7-23(22)43-28)20-5-3-4-17-13-15-34(16-21(17)20)29-32-25(27(37)38)24(44-29)12-14-30-45(41,42)19-10-8-18(9-11-19)35(39)40/h1-11,30H,12-16H2,(H,37,38)(H,31,33,36). The van der Waals surface area contributed by atoms with Gasteiger partial charge in [0.05, 0.1) is 20.0 Å². The Hall–Kier alpha value is -4.77. The Morgan fingerprint density at radius 3 is 2.53 bits per heavy atom. The van der Waals surface area contributed by atoms with Crippen molar-refractivity contribution in [1.82, 2.24) is 14.7 Å². The van der Waals surface area contributed by atoms with E-state index in [2.05, 4.69) is 20.0 Å². The summed E-state index contributed by atoms with van der Waals surface area (Å²) in [6, 6.07) is 17.6. The molecule has 0 saturated heterocycles. The molecule has 45 heavy (non-hydrogen) atoms. The second kappa shape index (κ2) is 12.3. The molecule has 230 valence electrons. The number of benzene rings is 3. The molecule has 5 aromatic rings. The number of non-ortho nitro benzene ring substituents is 1. The van der Waals surface area contributed by atoms with E-state index in [0.717, 1.165) is 56.9 Å². The number of fused-ring (bicyclic) bond motifs is 2. The number of hydrogen-bond acceptors (Lipinski definition) is 11. The number of aromatic carboxylic acids is 1. The minimum absolute atomic E-state index is 0.0613. The molecule has 0 spiro atoms. The number of hydrogen-bond donors (Lipinski definition) is 3. The molecular weight excluding hydrogens is 641 g/mol. The fourth-order valence-electron chi connectivity index (χ4n) is 4.99. The number of rotatable bonds is 10. The zero-order valence-electron chi connectivity index (χ0n) is 23.3. The van der Waals surface area contributed by atoms with Gasteiger partial charge in [0.15, 0.2) is 16.0 Å². The van der Waals surface area contributed by atoms with Crippen molar-refractivity contribution in [2.24, 2.45) is 0 Å². The van der Waals surface area contributed by atoms with Gasteiger partial charge in [-0.25, -0.2) is 27.9 Å². The molecule has 13 nitrogen and oxygen atoms in total. The minimum Gasteiger partial charge on any atom is -0.476 e. The number of carboxylic acid groups (broad SMARTS) is 1. The van der Waals surface area contributed by atoms with Gasteiger partial charge in [0.25, 0.3) is 11.6 Å². The predicted octanol–water partition coefficient (Wildman–Crippen LogP) is 4.70. The van der Waals surface area contributed by atoms with Crippen LogP contribution in [0.25, 0.3) is 10.2 Å². The number of sulfonamides is 1. The molecule has 3 N–H and O–H groups in total. The van der Waals surface area contributed by atoms with Gasteiger partial charge in [-0.15, -0.1) is 11.3 Å². The molecule has 0 unspecified atom stereocenters. The summed E-state index contributed by atoms with van der Waals surface area (Å²) in [6.45, 7) is 0.770. The van der Waals surface area contributed by atoms with E-state index in [4.69, 9.17) is 0 Å². The number of para-hydroxylation sites is 1. The first kappa shape index (κ1) is 30.3. The van der Waals surface area contributed by atoms with Gasteiger partial charge in [-0.3, -0.25) is 20.2 Å². The van der Waals surface area contributed by atoms with Crippen LogP contribution in [0, 0.1) is 10.1 Å². The van der Waals surface area contributed by atoms with Gasteiger partial charge in [-0.05, 0) is 54.3 Å². The zero-order valence-corrected chi connectivity index (χ0v) is 25.7. The first-order valence-electron chi connectivity index (χ1n) is 13.6. The SMILES string of the molecule is O=C(Nc1nc2ccccc2s1)c1cccc2c1CN(c1nc(C(=O)O)c(CCNS(=O)(=O)c3ccc([N+](=O)[O-])cc3)s1)CC2. The van der Waals surface area contributed by atoms with Gasteiger partial charge in [0.2, 0.25) is 10.0 Å². The van der Waals surface area contributed by atoms with Crippen LogP contribution < -0.4 is 14.9 Å². The first-order valence-corrected chi connectivity index (χ1v) is 16.7. The number of aromatic nitrogens is 2. The molecule has 0 bridgehead atoms. The number of nitrogens with one attached hydrogen (secondary N) is 2. The lowest BCUT2D eigenvalue weighted by atomic mass is 9.94. The summed E-state index contributed by atoms with van der Waals surface area (Å²) in [7, 11) is -3.98. The molecule has 6 rings (SSSR count). The Morgan fingerprint density at radius 2 is 1.80 bits per heavy atom. The molecule has 3 aromatic carbocycles. The minimum atomic E-state index is -3.98. The predicted molar refractivity (Wildman–Crippen MR) is 170 cm³/mol. The molecule has 2 aromatic heterocycles. The van der Waals surface area contributed by atoms with Crippen LogP contribution in [0.4, 0.5) is 16.0 Å². The highest BCUT2D eigenvalue weighted by Gasteiger charge is 2.27. The van der Waals surface area contributed by atoms with E-state index in [1.165, 1.54) is 11.3 Å². The van der Waals surface area contributed by atoms with E-state index < -0.39 is 20.9 Å². The van der Waals surface area contributed by atoms with E-state index in [1.807, 2.05) is 41.3 Å². The van der Waals surface area contributed by atoms with Crippen molar-refractivity contribution in [2.45, 2.75) is 24.3 Å². The van der Waals surface area contributed by atoms with Crippen molar-refractivity contribution < 1.29 is 28.0 Å². The molecule has 0 aliphatic carbocycles. The summed E-state index contributed by atoms with van der Waals surface area (Å²) in [5, 5.41) is 24.5. The topological polar surface area (TPSA) is 185 Å². The van der Waals surface area contributed by atoms with Crippen molar-refractivity contribution in [1.29, 1.82) is 0 Å². The van der Waals surface area contributed by atoms with Crippen LogP contribution in [0.1, 0.15) is 36.9 Å². The zero-order chi connectivity index (χ0) is 31.7. The Balaban J connectivity index is 1.17. The number of thiazole rings is 2. The Kier molecular flexibility index (Phi) is 8.28. The van der Waals surface area contributed by atoms with Crippen LogP contribution in [-0.2, 0) is 29.4 Å². The second-order valence-corrected chi connectivity index (χ2v) is 13.9. The Labute approximate surface area is 264 Å². The molecule has 1 amide bonds. The number of carbonyl (C=O) groups excluding carboxylic acids is 1. The maximum Gasteiger partial charge on any atom is 0.355 e. The largest absolute Gasteiger partial charge is 0.476 e. The van der Waals surface area contributed by atoms with Gasteiger partial charge in [0, 0.05) is 42.2 Å². The normalized spacial score (nSPS) is 13.0. The molecule has 3 heterocycles. The van der Waals surface area contributed by atoms with Crippen molar-refractivity contribution in [3.8, 4) is 0 Å². The van der Waals surface area contributed by atoms with E-state index in [9.17, 15) is 33.2 Å². The fraction of sp³-hybridized carbons (Fsp3) is 0.172. The molecule has 1 aliphatic rings. The fourth-order valence-corrected chi connectivity index (χ4v) is 7.96. The summed E-state index contributed by atoms with van der Waals surface area (Å²) in [6.07, 6.45) is 0.676. The molecule has 16 heteroatoms. The average Bonchev–Trinajstić information content (AvgIpc) is 3.64. The van der Waals surface area contributed by atoms with Crippen LogP contribution in [0.15, 0.2) is 71.6 Å².